The molecule has 1 aromatic carbocycles. The molecule has 20 heavy (non-hydrogen) atoms. The molecule has 0 spiro atoms. The maximum absolute atomic E-state index is 12.1. The van der Waals surface area contributed by atoms with Crippen LogP contribution in [0.25, 0.3) is 0 Å². The maximum atomic E-state index is 12.1. The maximum Gasteiger partial charge on any atom is 0.344 e. The molecule has 104 valence electrons. The molecule has 6 heteroatoms. The topological polar surface area (TPSA) is 89.9 Å². The third-order valence-corrected chi connectivity index (χ3v) is 2.67. The number of phenols is 1. The van der Waals surface area contributed by atoms with Crippen molar-refractivity contribution < 1.29 is 29.0 Å². The fourth-order valence-electron chi connectivity index (χ4n) is 1.82. The number of ether oxygens (including phenoxy) is 2. The first-order valence-corrected chi connectivity index (χ1v) is 5.95. The largest absolute Gasteiger partial charge is 0.507 e. The number of allylic oxidation sites excluding steroid dienone is 2. The van der Waals surface area contributed by atoms with Crippen molar-refractivity contribution in [3.63, 3.8) is 0 Å². The average Bonchev–Trinajstić information content (AvgIpc) is 2.41. The first kappa shape index (κ1) is 13.8. The summed E-state index contributed by atoms with van der Waals surface area (Å²) in [6.07, 6.45) is 0.962. The number of hydrogen-bond acceptors (Lipinski definition) is 6. The Morgan fingerprint density at radius 1 is 1.30 bits per heavy atom. The van der Waals surface area contributed by atoms with E-state index >= 15 is 0 Å². The Morgan fingerprint density at radius 2 is 2.05 bits per heavy atom. The molecule has 0 fully saturated rings. The number of phenolic OH excluding ortho intramolecular Hbond substituents is 1. The zero-order valence-electron chi connectivity index (χ0n) is 10.7. The molecule has 0 radical (unpaired) electrons. The first-order chi connectivity index (χ1) is 9.54. The molecule has 1 aliphatic rings. The van der Waals surface area contributed by atoms with Crippen LogP contribution in [0.4, 0.5) is 0 Å². The highest BCUT2D eigenvalue weighted by Crippen LogP contribution is 2.28. The van der Waals surface area contributed by atoms with E-state index in [-0.39, 0.29) is 29.2 Å². The third-order valence-electron chi connectivity index (χ3n) is 2.67. The summed E-state index contributed by atoms with van der Waals surface area (Å²) in [6, 6.07) is 4.19. The monoisotopic (exact) mass is 276 g/mol. The minimum absolute atomic E-state index is 0.0522. The van der Waals surface area contributed by atoms with Crippen molar-refractivity contribution in [2.75, 3.05) is 13.2 Å². The van der Waals surface area contributed by atoms with Gasteiger partial charge in [0.2, 0.25) is 5.78 Å². The van der Waals surface area contributed by atoms with Crippen LogP contribution >= 0.6 is 0 Å². The van der Waals surface area contributed by atoms with E-state index in [1.54, 1.807) is 6.92 Å². The van der Waals surface area contributed by atoms with Gasteiger partial charge >= 0.3 is 5.97 Å². The highest BCUT2D eigenvalue weighted by Gasteiger charge is 2.29. The number of benzene rings is 1. The smallest absolute Gasteiger partial charge is 0.344 e. The third kappa shape index (κ3) is 2.54. The zero-order chi connectivity index (χ0) is 14.7. The lowest BCUT2D eigenvalue weighted by Crippen LogP contribution is -2.21. The number of ketones is 2. The Morgan fingerprint density at radius 3 is 2.75 bits per heavy atom. The van der Waals surface area contributed by atoms with Gasteiger partial charge in [-0.05, 0) is 19.1 Å². The molecule has 0 amide bonds. The summed E-state index contributed by atoms with van der Waals surface area (Å²) >= 11 is 0. The second kappa shape index (κ2) is 5.56. The fraction of sp³-hybridized carbons (Fsp3) is 0.214. The zero-order valence-corrected chi connectivity index (χ0v) is 10.7. The van der Waals surface area contributed by atoms with E-state index < -0.39 is 24.1 Å². The van der Waals surface area contributed by atoms with Crippen molar-refractivity contribution in [2.45, 2.75) is 6.92 Å². The summed E-state index contributed by atoms with van der Waals surface area (Å²) in [5.41, 5.74) is -0.00246. The number of rotatable bonds is 4. The second-order valence-electron chi connectivity index (χ2n) is 4.00. The van der Waals surface area contributed by atoms with Gasteiger partial charge in [0.15, 0.2) is 18.1 Å². The first-order valence-electron chi connectivity index (χ1n) is 5.95. The molecule has 0 aliphatic heterocycles. The SMILES string of the molecule is CCOC(=O)COC1=CC(=O)c2c(O)cccc2C1=O. The summed E-state index contributed by atoms with van der Waals surface area (Å²) in [5.74, 6) is -2.23. The predicted octanol–water partition coefficient (Wildman–Crippen LogP) is 1.23. The molecule has 2 rings (SSSR count). The Kier molecular flexibility index (Phi) is 3.84. The van der Waals surface area contributed by atoms with Crippen molar-refractivity contribution in [1.82, 2.24) is 0 Å². The van der Waals surface area contributed by atoms with E-state index in [0.717, 1.165) is 6.08 Å². The fourth-order valence-corrected chi connectivity index (χ4v) is 1.82. The van der Waals surface area contributed by atoms with Crippen LogP contribution in [0.2, 0.25) is 0 Å². The van der Waals surface area contributed by atoms with Gasteiger partial charge in [0.25, 0.3) is 0 Å². The average molecular weight is 276 g/mol. The number of Topliss-reactive ketones (excluding diaryl/α,β-unsaturated/α-hetero) is 1. The van der Waals surface area contributed by atoms with E-state index in [1.807, 2.05) is 0 Å². The number of aromatic hydroxyl groups is 1. The van der Waals surface area contributed by atoms with E-state index in [2.05, 4.69) is 4.74 Å². The van der Waals surface area contributed by atoms with Crippen molar-refractivity contribution in [3.05, 3.63) is 41.2 Å². The highest BCUT2D eigenvalue weighted by molar-refractivity contribution is 6.24. The molecule has 0 unspecified atom stereocenters. The van der Waals surface area contributed by atoms with E-state index in [4.69, 9.17) is 4.74 Å². The van der Waals surface area contributed by atoms with Gasteiger partial charge in [-0.1, -0.05) is 6.07 Å². The van der Waals surface area contributed by atoms with Gasteiger partial charge in [-0.3, -0.25) is 9.59 Å². The molecule has 0 bridgehead atoms. The van der Waals surface area contributed by atoms with Gasteiger partial charge in [-0.15, -0.1) is 0 Å². The summed E-state index contributed by atoms with van der Waals surface area (Å²) in [7, 11) is 0. The lowest BCUT2D eigenvalue weighted by atomic mass is 9.93. The van der Waals surface area contributed by atoms with Crippen LogP contribution in [-0.4, -0.2) is 35.9 Å². The Labute approximate surface area is 114 Å². The van der Waals surface area contributed by atoms with Crippen LogP contribution in [0.5, 0.6) is 5.75 Å². The number of carbonyl (C=O) groups excluding carboxylic acids is 3. The molecule has 0 heterocycles. The van der Waals surface area contributed by atoms with Crippen LogP contribution in [0.15, 0.2) is 30.0 Å². The minimum atomic E-state index is -0.629. The van der Waals surface area contributed by atoms with Crippen LogP contribution in [-0.2, 0) is 14.3 Å². The number of hydrogen-bond donors (Lipinski definition) is 1. The van der Waals surface area contributed by atoms with Gasteiger partial charge in [0.1, 0.15) is 5.75 Å². The molecule has 0 atom stereocenters. The molecule has 1 aliphatic carbocycles. The lowest BCUT2D eigenvalue weighted by molar-refractivity contribution is -0.146. The molecule has 6 nitrogen and oxygen atoms in total. The summed E-state index contributed by atoms with van der Waals surface area (Å²) in [4.78, 5) is 35.1. The van der Waals surface area contributed by atoms with Gasteiger partial charge in [0.05, 0.1) is 12.2 Å². The predicted molar refractivity (Wildman–Crippen MR) is 67.4 cm³/mol. The van der Waals surface area contributed by atoms with E-state index in [9.17, 15) is 19.5 Å². The van der Waals surface area contributed by atoms with Gasteiger partial charge < -0.3 is 14.6 Å². The van der Waals surface area contributed by atoms with Crippen LogP contribution < -0.4 is 0 Å². The van der Waals surface area contributed by atoms with E-state index in [1.165, 1.54) is 18.2 Å². The Balaban J connectivity index is 2.21. The summed E-state index contributed by atoms with van der Waals surface area (Å²) < 4.78 is 9.67. The molecule has 1 N–H and O–H groups in total. The van der Waals surface area contributed by atoms with Crippen molar-refractivity contribution in [2.24, 2.45) is 0 Å². The lowest BCUT2D eigenvalue weighted by Gasteiger charge is -2.16. The van der Waals surface area contributed by atoms with Gasteiger partial charge in [0, 0.05) is 11.6 Å². The number of fused-ring (bicyclic) bond motifs is 1. The highest BCUT2D eigenvalue weighted by atomic mass is 16.6. The van der Waals surface area contributed by atoms with Crippen LogP contribution in [0.3, 0.4) is 0 Å². The molecule has 0 saturated carbocycles. The Hall–Kier alpha value is -2.63. The molecular formula is C14H12O6. The van der Waals surface area contributed by atoms with Crippen LogP contribution in [0.1, 0.15) is 27.6 Å². The Bertz CT molecular complexity index is 614. The van der Waals surface area contributed by atoms with Crippen molar-refractivity contribution in [1.29, 1.82) is 0 Å². The molecule has 0 saturated heterocycles. The summed E-state index contributed by atoms with van der Waals surface area (Å²) in [6.45, 7) is 1.39. The van der Waals surface area contributed by atoms with Crippen LogP contribution in [0, 0.1) is 0 Å². The van der Waals surface area contributed by atoms with Gasteiger partial charge in [-0.25, -0.2) is 4.79 Å². The van der Waals surface area contributed by atoms with E-state index in [0.29, 0.717) is 0 Å². The molecule has 1 aromatic rings. The normalized spacial score (nSPS) is 13.6. The summed E-state index contributed by atoms with van der Waals surface area (Å²) in [5, 5.41) is 9.60. The number of esters is 1. The number of carbonyl (C=O) groups is 3. The second-order valence-corrected chi connectivity index (χ2v) is 4.00. The molecular weight excluding hydrogens is 264 g/mol. The minimum Gasteiger partial charge on any atom is -0.507 e. The van der Waals surface area contributed by atoms with Crippen molar-refractivity contribution >= 4 is 17.5 Å². The van der Waals surface area contributed by atoms with Gasteiger partial charge in [-0.2, -0.15) is 0 Å². The molecule has 0 aromatic heterocycles. The quantitative estimate of drug-likeness (QED) is 0.832. The van der Waals surface area contributed by atoms with Crippen molar-refractivity contribution in [3.8, 4) is 5.75 Å². The standard InChI is InChI=1S/C14H12O6/c1-2-19-12(17)7-20-11-6-10(16)13-8(14(11)18)4-3-5-9(13)15/h3-6,15H,2,7H2,1H3.